The third-order valence-corrected chi connectivity index (χ3v) is 2.04. The van der Waals surface area contributed by atoms with Crippen LogP contribution in [0.5, 0.6) is 0 Å². The van der Waals surface area contributed by atoms with Crippen molar-refractivity contribution in [1.82, 2.24) is 10.6 Å². The van der Waals surface area contributed by atoms with Gasteiger partial charge in [0.1, 0.15) is 0 Å². The smallest absolute Gasteiger partial charge is 0.234 e. The molecule has 5 heteroatoms. The van der Waals surface area contributed by atoms with E-state index in [9.17, 15) is 4.79 Å². The maximum Gasteiger partial charge on any atom is 0.234 e. The molecule has 0 aliphatic carbocycles. The molecule has 0 spiro atoms. The van der Waals surface area contributed by atoms with Crippen LogP contribution in [-0.2, 0) is 14.3 Å². The van der Waals surface area contributed by atoms with Crippen molar-refractivity contribution in [2.24, 2.45) is 0 Å². The van der Waals surface area contributed by atoms with E-state index in [1.807, 2.05) is 27.7 Å². The number of hydrogen-bond donors (Lipinski definition) is 2. The highest BCUT2D eigenvalue weighted by Crippen LogP contribution is 1.99. The summed E-state index contributed by atoms with van der Waals surface area (Å²) >= 11 is 0. The monoisotopic (exact) mass is 232 g/mol. The van der Waals surface area contributed by atoms with Gasteiger partial charge in [0.15, 0.2) is 6.29 Å². The average Bonchev–Trinajstić information content (AvgIpc) is 2.15. The summed E-state index contributed by atoms with van der Waals surface area (Å²) in [6, 6.07) is -0.177. The minimum Gasteiger partial charge on any atom is -0.354 e. The van der Waals surface area contributed by atoms with Crippen LogP contribution in [0.2, 0.25) is 0 Å². The van der Waals surface area contributed by atoms with Crippen molar-refractivity contribution in [2.45, 2.75) is 45.6 Å². The molecule has 0 aromatic rings. The van der Waals surface area contributed by atoms with Crippen LogP contribution in [0.1, 0.15) is 27.7 Å². The van der Waals surface area contributed by atoms with E-state index < -0.39 is 6.29 Å². The number of rotatable bonds is 6. The maximum absolute atomic E-state index is 11.6. The first kappa shape index (κ1) is 15.3. The van der Waals surface area contributed by atoms with Gasteiger partial charge in [-0.05, 0) is 27.7 Å². The molecule has 0 aliphatic rings. The van der Waals surface area contributed by atoms with E-state index >= 15 is 0 Å². The van der Waals surface area contributed by atoms with Crippen molar-refractivity contribution >= 4 is 5.91 Å². The first-order chi connectivity index (χ1) is 7.30. The van der Waals surface area contributed by atoms with Gasteiger partial charge >= 0.3 is 0 Å². The van der Waals surface area contributed by atoms with Gasteiger partial charge in [-0.2, -0.15) is 0 Å². The lowest BCUT2D eigenvalue weighted by molar-refractivity contribution is -0.135. The Kier molecular flexibility index (Phi) is 6.55. The summed E-state index contributed by atoms with van der Waals surface area (Å²) in [5, 5.41) is 5.91. The van der Waals surface area contributed by atoms with Crippen LogP contribution in [-0.4, -0.2) is 44.5 Å². The molecule has 0 saturated carbocycles. The molecule has 5 nitrogen and oxygen atoms in total. The molecule has 1 unspecified atom stereocenters. The standard InChI is InChI=1S/C11H24N2O3/c1-8(10(15-5)16-6)13-9(14)7-12-11(2,3)4/h8,10,12H,7H2,1-6H3,(H,13,14). The Morgan fingerprint density at radius 1 is 1.25 bits per heavy atom. The van der Waals surface area contributed by atoms with Crippen LogP contribution in [0.3, 0.4) is 0 Å². The Morgan fingerprint density at radius 2 is 1.75 bits per heavy atom. The summed E-state index contributed by atoms with van der Waals surface area (Å²) in [5.74, 6) is -0.0680. The minimum absolute atomic E-state index is 0.0670. The predicted octanol–water partition coefficient (Wildman–Crippen LogP) is 0.498. The molecule has 0 fully saturated rings. The van der Waals surface area contributed by atoms with Crippen LogP contribution in [0.4, 0.5) is 0 Å². The number of nitrogens with one attached hydrogen (secondary N) is 2. The van der Waals surface area contributed by atoms with Gasteiger partial charge in [0.25, 0.3) is 0 Å². The van der Waals surface area contributed by atoms with Gasteiger partial charge in [0, 0.05) is 19.8 Å². The Balaban J connectivity index is 3.95. The molecule has 16 heavy (non-hydrogen) atoms. The molecular weight excluding hydrogens is 208 g/mol. The van der Waals surface area contributed by atoms with Gasteiger partial charge in [-0.3, -0.25) is 4.79 Å². The largest absolute Gasteiger partial charge is 0.354 e. The number of ether oxygens (including phenoxy) is 2. The first-order valence-corrected chi connectivity index (χ1v) is 5.40. The minimum atomic E-state index is -0.418. The second-order valence-corrected chi connectivity index (χ2v) is 4.80. The molecular formula is C11H24N2O3. The molecule has 0 heterocycles. The van der Waals surface area contributed by atoms with Crippen LogP contribution < -0.4 is 10.6 Å². The zero-order valence-electron chi connectivity index (χ0n) is 11.1. The van der Waals surface area contributed by atoms with Crippen LogP contribution >= 0.6 is 0 Å². The number of methoxy groups -OCH3 is 2. The van der Waals surface area contributed by atoms with E-state index in [2.05, 4.69) is 10.6 Å². The number of hydrogen-bond acceptors (Lipinski definition) is 4. The molecule has 0 rings (SSSR count). The highest BCUT2D eigenvalue weighted by molar-refractivity contribution is 5.78. The molecule has 96 valence electrons. The highest BCUT2D eigenvalue weighted by atomic mass is 16.7. The summed E-state index contributed by atoms with van der Waals surface area (Å²) in [6.45, 7) is 8.16. The van der Waals surface area contributed by atoms with Crippen molar-refractivity contribution in [3.05, 3.63) is 0 Å². The van der Waals surface area contributed by atoms with Gasteiger partial charge in [0.2, 0.25) is 5.91 Å². The molecule has 0 aromatic heterocycles. The lowest BCUT2D eigenvalue weighted by Crippen LogP contribution is -2.48. The first-order valence-electron chi connectivity index (χ1n) is 5.40. The van der Waals surface area contributed by atoms with E-state index in [4.69, 9.17) is 9.47 Å². The van der Waals surface area contributed by atoms with E-state index in [0.717, 1.165) is 0 Å². The zero-order valence-corrected chi connectivity index (χ0v) is 11.1. The Labute approximate surface area is 97.9 Å². The Morgan fingerprint density at radius 3 is 2.12 bits per heavy atom. The third kappa shape index (κ3) is 6.76. The Hall–Kier alpha value is -0.650. The maximum atomic E-state index is 11.6. The second kappa shape index (κ2) is 6.83. The van der Waals surface area contributed by atoms with E-state index in [-0.39, 0.29) is 24.0 Å². The fraction of sp³-hybridized carbons (Fsp3) is 0.909. The summed E-state index contributed by atoms with van der Waals surface area (Å²) in [7, 11) is 3.09. The lowest BCUT2D eigenvalue weighted by atomic mass is 10.1. The van der Waals surface area contributed by atoms with Gasteiger partial charge in [-0.15, -0.1) is 0 Å². The van der Waals surface area contributed by atoms with Gasteiger partial charge < -0.3 is 20.1 Å². The normalized spacial score (nSPS) is 13.9. The van der Waals surface area contributed by atoms with Crippen LogP contribution in [0, 0.1) is 0 Å². The third-order valence-electron chi connectivity index (χ3n) is 2.04. The summed E-state index contributed by atoms with van der Waals surface area (Å²) < 4.78 is 10.1. The Bertz CT molecular complexity index is 210. The number of carbonyl (C=O) groups excluding carboxylic acids is 1. The lowest BCUT2D eigenvalue weighted by Gasteiger charge is -2.24. The van der Waals surface area contributed by atoms with E-state index in [0.29, 0.717) is 0 Å². The SMILES string of the molecule is COC(OC)C(C)NC(=O)CNC(C)(C)C. The fourth-order valence-electron chi connectivity index (χ4n) is 1.22. The van der Waals surface area contributed by atoms with Crippen LogP contribution in [0.25, 0.3) is 0 Å². The van der Waals surface area contributed by atoms with E-state index in [1.165, 1.54) is 0 Å². The van der Waals surface area contributed by atoms with Crippen molar-refractivity contribution in [3.63, 3.8) is 0 Å². The average molecular weight is 232 g/mol. The summed E-state index contributed by atoms with van der Waals surface area (Å²) in [4.78, 5) is 11.6. The predicted molar refractivity (Wildman–Crippen MR) is 63.2 cm³/mol. The molecule has 2 N–H and O–H groups in total. The zero-order chi connectivity index (χ0) is 12.8. The molecule has 0 aromatic carbocycles. The molecule has 0 saturated heterocycles. The van der Waals surface area contributed by atoms with Crippen molar-refractivity contribution in [2.75, 3.05) is 20.8 Å². The summed E-state index contributed by atoms with van der Waals surface area (Å²) in [6.07, 6.45) is -0.418. The van der Waals surface area contributed by atoms with Gasteiger partial charge in [-0.25, -0.2) is 0 Å². The number of carbonyl (C=O) groups is 1. The summed E-state index contributed by atoms with van der Waals surface area (Å²) in [5.41, 5.74) is -0.0670. The van der Waals surface area contributed by atoms with Crippen LogP contribution in [0.15, 0.2) is 0 Å². The van der Waals surface area contributed by atoms with Crippen molar-refractivity contribution in [1.29, 1.82) is 0 Å². The van der Waals surface area contributed by atoms with Gasteiger partial charge in [0.05, 0.1) is 12.6 Å². The molecule has 0 radical (unpaired) electrons. The molecule has 0 aliphatic heterocycles. The highest BCUT2D eigenvalue weighted by Gasteiger charge is 2.18. The van der Waals surface area contributed by atoms with E-state index in [1.54, 1.807) is 14.2 Å². The second-order valence-electron chi connectivity index (χ2n) is 4.80. The molecule has 1 atom stereocenters. The molecule has 0 bridgehead atoms. The molecule has 1 amide bonds. The fourth-order valence-corrected chi connectivity index (χ4v) is 1.22. The van der Waals surface area contributed by atoms with Crippen molar-refractivity contribution < 1.29 is 14.3 Å². The quantitative estimate of drug-likeness (QED) is 0.655. The van der Waals surface area contributed by atoms with Crippen molar-refractivity contribution in [3.8, 4) is 0 Å². The number of amides is 1. The topological polar surface area (TPSA) is 59.6 Å². The van der Waals surface area contributed by atoms with Gasteiger partial charge in [-0.1, -0.05) is 0 Å².